The number of benzene rings is 4. The second-order valence-electron chi connectivity index (χ2n) is 10.8. The van der Waals surface area contributed by atoms with E-state index in [1.54, 1.807) is 12.2 Å². The summed E-state index contributed by atoms with van der Waals surface area (Å²) >= 11 is -3.32. The van der Waals surface area contributed by atoms with Crippen molar-refractivity contribution in [1.82, 2.24) is 0 Å². The van der Waals surface area contributed by atoms with Crippen LogP contribution in [0.5, 0.6) is 0 Å². The Bertz CT molecular complexity index is 1840. The number of allylic oxidation sites excluding steroid dienone is 4. The molecule has 0 spiro atoms. The summed E-state index contributed by atoms with van der Waals surface area (Å²) in [6.45, 7) is 7.94. The summed E-state index contributed by atoms with van der Waals surface area (Å²) in [6, 6.07) is 20.5. The van der Waals surface area contributed by atoms with Crippen LogP contribution in [0.3, 0.4) is 0 Å². The predicted molar refractivity (Wildman–Crippen MR) is 162 cm³/mol. The molecule has 4 aromatic carbocycles. The molecule has 0 unspecified atom stereocenters. The monoisotopic (exact) mass is 744 g/mol. The Morgan fingerprint density at radius 1 is 0.674 bits per heavy atom. The van der Waals surface area contributed by atoms with E-state index in [0.717, 1.165) is 58.6 Å². The molecule has 2 aliphatic rings. The molecule has 0 aliphatic heterocycles. The van der Waals surface area contributed by atoms with Crippen LogP contribution in [0.2, 0.25) is 0 Å². The molecule has 2 aliphatic carbocycles. The number of halogens is 8. The number of hydrogen-bond donors (Lipinski definition) is 0. The maximum absolute atomic E-state index is 13.6. The largest absolute Gasteiger partial charge is 1.00 e. The molecule has 6 rings (SSSR count). The van der Waals surface area contributed by atoms with E-state index in [-0.39, 0.29) is 24.8 Å². The van der Waals surface area contributed by atoms with Gasteiger partial charge in [0, 0.05) is 0 Å². The molecule has 0 N–H and O–H groups in total. The normalized spacial score (nSPS) is 12.9. The van der Waals surface area contributed by atoms with Gasteiger partial charge in [-0.3, -0.25) is 0 Å². The molecule has 0 heterocycles. The Hall–Kier alpha value is -3.25. The second kappa shape index (κ2) is 13.9. The van der Waals surface area contributed by atoms with E-state index < -0.39 is 44.7 Å². The first kappa shape index (κ1) is 35.6. The Labute approximate surface area is 283 Å². The van der Waals surface area contributed by atoms with Crippen molar-refractivity contribution in [3.63, 3.8) is 0 Å². The minimum atomic E-state index is -4.51. The summed E-state index contributed by atoms with van der Waals surface area (Å²) in [5, 5.41) is 0. The van der Waals surface area contributed by atoms with Crippen LogP contribution in [0.1, 0.15) is 50.9 Å². The Morgan fingerprint density at radius 2 is 1.22 bits per heavy atom. The van der Waals surface area contributed by atoms with Crippen LogP contribution in [0.25, 0.3) is 23.3 Å². The van der Waals surface area contributed by atoms with Gasteiger partial charge in [0.1, 0.15) is 0 Å². The van der Waals surface area contributed by atoms with Crippen molar-refractivity contribution in [1.29, 1.82) is 0 Å². The summed E-state index contributed by atoms with van der Waals surface area (Å²) in [7, 11) is 0. The van der Waals surface area contributed by atoms with E-state index in [9.17, 15) is 26.3 Å². The summed E-state index contributed by atoms with van der Waals surface area (Å²) in [6.07, 6.45) is 2.04. The summed E-state index contributed by atoms with van der Waals surface area (Å²) in [5.74, 6) is 0. The zero-order valence-electron chi connectivity index (χ0n) is 24.2. The molecule has 0 bridgehead atoms. The Balaban J connectivity index is 0.00000240. The van der Waals surface area contributed by atoms with Crippen molar-refractivity contribution in [2.24, 2.45) is 0 Å². The van der Waals surface area contributed by atoms with Gasteiger partial charge in [-0.05, 0) is 0 Å². The molecule has 0 saturated carbocycles. The van der Waals surface area contributed by atoms with Crippen LogP contribution in [0.15, 0.2) is 114 Å². The van der Waals surface area contributed by atoms with Gasteiger partial charge in [-0.15, -0.1) is 0 Å². The molecule has 0 atom stereocenters. The molecule has 0 radical (unpaired) electrons. The molecule has 234 valence electrons. The predicted octanol–water partition coefficient (Wildman–Crippen LogP) is 3.95. The fraction of sp³-hybridized carbons (Fsp3) is 0.108. The first-order chi connectivity index (χ1) is 21.0. The fourth-order valence-electron chi connectivity index (χ4n) is 5.99. The van der Waals surface area contributed by atoms with Gasteiger partial charge < -0.3 is 24.8 Å². The molecular weight excluding hydrogens is 721 g/mol. The molecule has 9 heteroatoms. The molecular formula is C37H26Cl2F6Zr. The number of alkyl halides is 6. The van der Waals surface area contributed by atoms with Gasteiger partial charge in [0.25, 0.3) is 0 Å². The molecule has 0 aromatic heterocycles. The molecule has 0 amide bonds. The molecule has 0 fully saturated rings. The van der Waals surface area contributed by atoms with E-state index in [2.05, 4.69) is 49.6 Å². The molecule has 0 saturated heterocycles. The van der Waals surface area contributed by atoms with E-state index in [4.69, 9.17) is 0 Å². The number of fused-ring (bicyclic) bond motifs is 3. The Morgan fingerprint density at radius 3 is 1.70 bits per heavy atom. The first-order valence-electron chi connectivity index (χ1n) is 14.0. The number of hydrogen-bond acceptors (Lipinski definition) is 0. The zero-order chi connectivity index (χ0) is 31.2. The van der Waals surface area contributed by atoms with Gasteiger partial charge >= 0.3 is 261 Å². The van der Waals surface area contributed by atoms with E-state index >= 15 is 0 Å². The SMILES string of the molecule is C=Cc1ccc2c(c1)-c1cc(C=C)c[c]([Zr+2]([C]3=CC=CC3)=[C](c3ccc(C(F)(F)F)cc3)c3ccc(C(F)(F)F)cc3)c1C2.[Cl-].[Cl-]. The third-order valence-corrected chi connectivity index (χ3v) is 15.7. The minimum Gasteiger partial charge on any atom is -1.00 e. The standard InChI is InChI=1S/C17H13.C15H8F6.C5H5.2ClH.Zr/c1-3-12-5-7-14-11-15-8-6-13(4-2)10-17(15)16(14)9-12;16-14(17,18)12-5-1-10(2-6-12)9-11-3-7-13(8-4-11)15(19,20)21;1-2-4-5-3-1;;;/h3-7,9-10H,1-2,11H2;1-8H;1-3H,4H2;2*1H;/q;;;;;+2/p-2. The molecule has 4 aromatic rings. The molecule has 46 heavy (non-hydrogen) atoms. The summed E-state index contributed by atoms with van der Waals surface area (Å²) in [5.41, 5.74) is 6.04. The van der Waals surface area contributed by atoms with Crippen molar-refractivity contribution in [2.45, 2.75) is 25.2 Å². The van der Waals surface area contributed by atoms with Gasteiger partial charge in [-0.25, -0.2) is 0 Å². The van der Waals surface area contributed by atoms with Gasteiger partial charge in [0.2, 0.25) is 0 Å². The van der Waals surface area contributed by atoms with Crippen LogP contribution < -0.4 is 28.1 Å². The molecule has 0 nitrogen and oxygen atoms in total. The van der Waals surface area contributed by atoms with Crippen molar-refractivity contribution >= 4 is 18.6 Å². The van der Waals surface area contributed by atoms with Gasteiger partial charge in [-0.1, -0.05) is 0 Å². The minimum absolute atomic E-state index is 0. The van der Waals surface area contributed by atoms with Gasteiger partial charge in [0.05, 0.1) is 0 Å². The average molecular weight is 747 g/mol. The van der Waals surface area contributed by atoms with E-state index in [0.29, 0.717) is 24.0 Å². The summed E-state index contributed by atoms with van der Waals surface area (Å²) in [4.78, 5) is 0. The first-order valence-corrected chi connectivity index (χ1v) is 17.7. The average Bonchev–Trinajstić information content (AvgIpc) is 3.67. The van der Waals surface area contributed by atoms with Crippen LogP contribution >= 0.6 is 0 Å². The topological polar surface area (TPSA) is 0 Å². The van der Waals surface area contributed by atoms with Gasteiger partial charge in [0.15, 0.2) is 0 Å². The van der Waals surface area contributed by atoms with Crippen LogP contribution in [0, 0.1) is 0 Å². The van der Waals surface area contributed by atoms with Crippen molar-refractivity contribution < 1.29 is 72.4 Å². The second-order valence-corrected chi connectivity index (χ2v) is 16.8. The van der Waals surface area contributed by atoms with E-state index in [1.165, 1.54) is 33.1 Å². The maximum atomic E-state index is 13.6. The number of rotatable bonds is 6. The fourth-order valence-corrected chi connectivity index (χ4v) is 14.0. The van der Waals surface area contributed by atoms with Gasteiger partial charge in [-0.2, -0.15) is 0 Å². The zero-order valence-corrected chi connectivity index (χ0v) is 28.2. The third kappa shape index (κ3) is 6.88. The quantitative estimate of drug-likeness (QED) is 0.231. The third-order valence-electron chi connectivity index (χ3n) is 8.15. The van der Waals surface area contributed by atoms with Crippen LogP contribution in [-0.2, 0) is 40.0 Å². The maximum Gasteiger partial charge on any atom is -1.00 e. The van der Waals surface area contributed by atoms with E-state index in [1.807, 2.05) is 12.1 Å². The summed E-state index contributed by atoms with van der Waals surface area (Å²) < 4.78 is 84.5. The smallest absolute Gasteiger partial charge is 1.00 e. The van der Waals surface area contributed by atoms with Crippen LogP contribution in [-0.4, -0.2) is 3.21 Å². The van der Waals surface area contributed by atoms with Crippen molar-refractivity contribution in [3.8, 4) is 11.1 Å². The Kier molecular flexibility index (Phi) is 10.7. The van der Waals surface area contributed by atoms with Crippen molar-refractivity contribution in [2.75, 3.05) is 0 Å². The van der Waals surface area contributed by atoms with Crippen molar-refractivity contribution in [3.05, 3.63) is 158 Å². The van der Waals surface area contributed by atoms with Crippen LogP contribution in [0.4, 0.5) is 26.3 Å².